The molecule has 0 atom stereocenters. The van der Waals surface area contributed by atoms with Gasteiger partial charge < -0.3 is 10.1 Å². The number of hydrogen-bond acceptors (Lipinski definition) is 6. The van der Waals surface area contributed by atoms with E-state index in [1.54, 1.807) is 10.6 Å². The third-order valence-electron chi connectivity index (χ3n) is 4.74. The van der Waals surface area contributed by atoms with E-state index in [1.165, 1.54) is 0 Å². The fourth-order valence-electron chi connectivity index (χ4n) is 3.25. The number of aromatic nitrogens is 3. The van der Waals surface area contributed by atoms with Gasteiger partial charge in [-0.15, -0.1) is 5.10 Å². The largest absolute Gasteiger partial charge is 0.444 e. The summed E-state index contributed by atoms with van der Waals surface area (Å²) in [5.74, 6) is 0.408. The Morgan fingerprint density at radius 3 is 2.48 bits per heavy atom. The zero-order chi connectivity index (χ0) is 23.6. The molecule has 2 aromatic carbocycles. The molecule has 0 aliphatic carbocycles. The molecule has 8 heteroatoms. The standard InChI is InChI=1S/C25H24N6O2/c1-16-5-6-18(14-26)21(13-16)28-23-29-22-12-9-19(15-31(22)30-23)17-7-10-20(11-8-17)27-24(32)33-25(2,3)4/h5-13,15H,1-4H3,(H,27,32)(H,28,30). The molecule has 0 bridgehead atoms. The van der Waals surface area contributed by atoms with E-state index >= 15 is 0 Å². The molecule has 4 rings (SSSR count). The number of fused-ring (bicyclic) bond motifs is 1. The number of hydrogen-bond donors (Lipinski definition) is 2. The SMILES string of the molecule is Cc1ccc(C#N)c(Nc2nc3ccc(-c4ccc(NC(=O)OC(C)(C)C)cc4)cn3n2)c1. The Bertz CT molecular complexity index is 1360. The van der Waals surface area contributed by atoms with Crippen LogP contribution in [0.4, 0.5) is 22.1 Å². The maximum absolute atomic E-state index is 11.9. The average molecular weight is 441 g/mol. The van der Waals surface area contributed by atoms with Gasteiger partial charge in [-0.25, -0.2) is 9.31 Å². The van der Waals surface area contributed by atoms with E-state index in [1.807, 2.05) is 82.4 Å². The van der Waals surface area contributed by atoms with Crippen LogP contribution in [0.2, 0.25) is 0 Å². The summed E-state index contributed by atoms with van der Waals surface area (Å²) < 4.78 is 6.97. The fraction of sp³-hybridized carbons (Fsp3) is 0.200. The third kappa shape index (κ3) is 5.28. The second-order valence-electron chi connectivity index (χ2n) is 8.65. The number of nitriles is 1. The Labute approximate surface area is 191 Å². The summed E-state index contributed by atoms with van der Waals surface area (Å²) in [5, 5.41) is 19.7. The van der Waals surface area contributed by atoms with Crippen LogP contribution in [0.3, 0.4) is 0 Å². The zero-order valence-corrected chi connectivity index (χ0v) is 18.9. The van der Waals surface area contributed by atoms with Gasteiger partial charge in [-0.1, -0.05) is 18.2 Å². The van der Waals surface area contributed by atoms with Crippen molar-refractivity contribution < 1.29 is 9.53 Å². The molecule has 2 aromatic heterocycles. The smallest absolute Gasteiger partial charge is 0.412 e. The number of ether oxygens (including phenoxy) is 1. The number of carbonyl (C=O) groups excluding carboxylic acids is 1. The number of rotatable bonds is 4. The highest BCUT2D eigenvalue weighted by atomic mass is 16.6. The van der Waals surface area contributed by atoms with Crippen molar-refractivity contribution in [1.82, 2.24) is 14.6 Å². The molecular weight excluding hydrogens is 416 g/mol. The summed E-state index contributed by atoms with van der Waals surface area (Å²) in [6.07, 6.45) is 1.39. The summed E-state index contributed by atoms with van der Waals surface area (Å²) in [6, 6.07) is 19.0. The minimum Gasteiger partial charge on any atom is -0.444 e. The van der Waals surface area contributed by atoms with Crippen LogP contribution in [0.25, 0.3) is 16.8 Å². The van der Waals surface area contributed by atoms with Gasteiger partial charge >= 0.3 is 6.09 Å². The molecule has 0 saturated carbocycles. The van der Waals surface area contributed by atoms with Crippen LogP contribution in [0, 0.1) is 18.3 Å². The number of benzene rings is 2. The van der Waals surface area contributed by atoms with Crippen LogP contribution in [-0.2, 0) is 4.74 Å². The van der Waals surface area contributed by atoms with Crippen LogP contribution in [0.5, 0.6) is 0 Å². The first kappa shape index (κ1) is 21.8. The lowest BCUT2D eigenvalue weighted by Crippen LogP contribution is -2.27. The molecule has 0 aliphatic heterocycles. The van der Waals surface area contributed by atoms with Gasteiger partial charge in [0.2, 0.25) is 5.95 Å². The van der Waals surface area contributed by atoms with Crippen LogP contribution >= 0.6 is 0 Å². The quantitative estimate of drug-likeness (QED) is 0.424. The Hall–Kier alpha value is -4.38. The molecule has 0 fully saturated rings. The average Bonchev–Trinajstić information content (AvgIpc) is 3.14. The number of aryl methyl sites for hydroxylation is 1. The number of pyridine rings is 1. The molecule has 0 spiro atoms. The van der Waals surface area contributed by atoms with Crippen LogP contribution in [-0.4, -0.2) is 26.3 Å². The molecule has 0 aliphatic rings. The molecule has 0 radical (unpaired) electrons. The summed E-state index contributed by atoms with van der Waals surface area (Å²) >= 11 is 0. The zero-order valence-electron chi connectivity index (χ0n) is 18.9. The molecular formula is C25H24N6O2. The first-order valence-corrected chi connectivity index (χ1v) is 10.4. The summed E-state index contributed by atoms with van der Waals surface area (Å²) in [4.78, 5) is 16.4. The van der Waals surface area contributed by atoms with E-state index in [2.05, 4.69) is 26.8 Å². The Morgan fingerprint density at radius 2 is 1.79 bits per heavy atom. The highest BCUT2D eigenvalue weighted by molar-refractivity contribution is 5.85. The molecule has 33 heavy (non-hydrogen) atoms. The number of anilines is 3. The molecule has 2 N–H and O–H groups in total. The minimum absolute atomic E-state index is 0.408. The van der Waals surface area contributed by atoms with Crippen molar-refractivity contribution >= 4 is 29.1 Å². The van der Waals surface area contributed by atoms with E-state index in [9.17, 15) is 10.1 Å². The topological polar surface area (TPSA) is 104 Å². The molecule has 4 aromatic rings. The predicted molar refractivity (Wildman–Crippen MR) is 127 cm³/mol. The Kier molecular flexibility index (Phi) is 5.71. The van der Waals surface area contributed by atoms with Gasteiger partial charge in [-0.05, 0) is 75.2 Å². The van der Waals surface area contributed by atoms with Gasteiger partial charge in [-0.2, -0.15) is 10.2 Å². The van der Waals surface area contributed by atoms with Gasteiger partial charge in [0.1, 0.15) is 11.7 Å². The summed E-state index contributed by atoms with van der Waals surface area (Å²) in [5.41, 5.74) is 4.90. The highest BCUT2D eigenvalue weighted by Gasteiger charge is 2.16. The Balaban J connectivity index is 1.52. The van der Waals surface area contributed by atoms with E-state index in [4.69, 9.17) is 4.74 Å². The predicted octanol–water partition coefficient (Wildman–Crippen LogP) is 5.67. The van der Waals surface area contributed by atoms with Gasteiger partial charge in [-0.3, -0.25) is 5.32 Å². The van der Waals surface area contributed by atoms with E-state index in [0.29, 0.717) is 28.5 Å². The normalized spacial score (nSPS) is 11.1. The first-order valence-electron chi connectivity index (χ1n) is 10.4. The Morgan fingerprint density at radius 1 is 1.06 bits per heavy atom. The first-order chi connectivity index (χ1) is 15.7. The number of nitrogens with zero attached hydrogens (tertiary/aromatic N) is 4. The van der Waals surface area contributed by atoms with Gasteiger partial charge in [0.15, 0.2) is 5.65 Å². The highest BCUT2D eigenvalue weighted by Crippen LogP contribution is 2.24. The van der Waals surface area contributed by atoms with E-state index in [0.717, 1.165) is 16.7 Å². The van der Waals surface area contributed by atoms with Crippen LogP contribution in [0.15, 0.2) is 60.8 Å². The molecule has 8 nitrogen and oxygen atoms in total. The van der Waals surface area contributed by atoms with Crippen molar-refractivity contribution in [1.29, 1.82) is 5.26 Å². The van der Waals surface area contributed by atoms with Crippen molar-refractivity contribution in [3.05, 3.63) is 71.9 Å². The maximum Gasteiger partial charge on any atom is 0.412 e. The van der Waals surface area contributed by atoms with Crippen molar-refractivity contribution in [2.75, 3.05) is 10.6 Å². The minimum atomic E-state index is -0.555. The van der Waals surface area contributed by atoms with Gasteiger partial charge in [0.25, 0.3) is 0 Å². The number of carbonyl (C=O) groups is 1. The lowest BCUT2D eigenvalue weighted by atomic mass is 10.1. The molecule has 0 unspecified atom stereocenters. The van der Waals surface area contributed by atoms with Gasteiger partial charge in [0, 0.05) is 17.4 Å². The van der Waals surface area contributed by atoms with Crippen molar-refractivity contribution in [2.24, 2.45) is 0 Å². The molecule has 0 saturated heterocycles. The van der Waals surface area contributed by atoms with Crippen molar-refractivity contribution in [3.63, 3.8) is 0 Å². The lowest BCUT2D eigenvalue weighted by molar-refractivity contribution is 0.0636. The maximum atomic E-state index is 11.9. The van der Waals surface area contributed by atoms with Gasteiger partial charge in [0.05, 0.1) is 11.3 Å². The fourth-order valence-corrected chi connectivity index (χ4v) is 3.25. The number of nitrogens with one attached hydrogen (secondary N) is 2. The lowest BCUT2D eigenvalue weighted by Gasteiger charge is -2.19. The van der Waals surface area contributed by atoms with Crippen molar-refractivity contribution in [3.8, 4) is 17.2 Å². The number of amides is 1. The summed E-state index contributed by atoms with van der Waals surface area (Å²) in [6.45, 7) is 7.42. The summed E-state index contributed by atoms with van der Waals surface area (Å²) in [7, 11) is 0. The van der Waals surface area contributed by atoms with E-state index < -0.39 is 11.7 Å². The van der Waals surface area contributed by atoms with Crippen molar-refractivity contribution in [2.45, 2.75) is 33.3 Å². The second-order valence-corrected chi connectivity index (χ2v) is 8.65. The molecule has 166 valence electrons. The van der Waals surface area contributed by atoms with Crippen LogP contribution in [0.1, 0.15) is 31.9 Å². The van der Waals surface area contributed by atoms with Crippen LogP contribution < -0.4 is 10.6 Å². The molecule has 1 amide bonds. The van der Waals surface area contributed by atoms with E-state index in [-0.39, 0.29) is 0 Å². The third-order valence-corrected chi connectivity index (χ3v) is 4.74. The monoisotopic (exact) mass is 440 g/mol. The molecule has 2 heterocycles. The second kappa shape index (κ2) is 8.63.